The van der Waals surface area contributed by atoms with Gasteiger partial charge in [-0.3, -0.25) is 0 Å². The highest BCUT2D eigenvalue weighted by molar-refractivity contribution is 9.11. The standard InChI is InChI=1S/C11H14BrN3OS/c1-6(2)5-7(13)11-14-10(15-16-11)8-3-4-9(12)17-8/h3-4,6-7H,5,13H2,1-2H3/t7-/m1/s1. The van der Waals surface area contributed by atoms with Crippen LogP contribution < -0.4 is 5.73 Å². The molecule has 0 bridgehead atoms. The van der Waals surface area contributed by atoms with E-state index in [0.29, 0.717) is 17.6 Å². The van der Waals surface area contributed by atoms with E-state index in [-0.39, 0.29) is 6.04 Å². The molecule has 6 heteroatoms. The molecule has 0 saturated carbocycles. The minimum absolute atomic E-state index is 0.181. The Labute approximate surface area is 112 Å². The van der Waals surface area contributed by atoms with Crippen molar-refractivity contribution in [1.29, 1.82) is 0 Å². The summed E-state index contributed by atoms with van der Waals surface area (Å²) in [5.74, 6) is 1.63. The molecule has 0 aliphatic carbocycles. The molecule has 2 rings (SSSR count). The molecular weight excluding hydrogens is 302 g/mol. The zero-order chi connectivity index (χ0) is 12.4. The second kappa shape index (κ2) is 5.29. The van der Waals surface area contributed by atoms with Crippen molar-refractivity contribution < 1.29 is 4.52 Å². The molecule has 2 aromatic heterocycles. The summed E-state index contributed by atoms with van der Waals surface area (Å²) in [7, 11) is 0. The van der Waals surface area contributed by atoms with Crippen LogP contribution in [0.4, 0.5) is 0 Å². The van der Waals surface area contributed by atoms with Crippen molar-refractivity contribution in [3.8, 4) is 10.7 Å². The van der Waals surface area contributed by atoms with Crippen LogP contribution in [0.2, 0.25) is 0 Å². The van der Waals surface area contributed by atoms with Crippen molar-refractivity contribution in [3.05, 3.63) is 21.8 Å². The van der Waals surface area contributed by atoms with Crippen molar-refractivity contribution in [2.75, 3.05) is 0 Å². The molecule has 1 atom stereocenters. The number of hydrogen-bond acceptors (Lipinski definition) is 5. The van der Waals surface area contributed by atoms with Crippen molar-refractivity contribution in [3.63, 3.8) is 0 Å². The molecule has 2 N–H and O–H groups in total. The second-order valence-corrected chi connectivity index (χ2v) is 6.76. The zero-order valence-electron chi connectivity index (χ0n) is 9.68. The fraction of sp³-hybridized carbons (Fsp3) is 0.455. The van der Waals surface area contributed by atoms with Crippen molar-refractivity contribution >= 4 is 27.3 Å². The third-order valence-electron chi connectivity index (χ3n) is 2.28. The van der Waals surface area contributed by atoms with Gasteiger partial charge in [-0.2, -0.15) is 4.98 Å². The molecule has 2 heterocycles. The second-order valence-electron chi connectivity index (χ2n) is 4.30. The third-order valence-corrected chi connectivity index (χ3v) is 3.90. The highest BCUT2D eigenvalue weighted by Gasteiger charge is 2.17. The van der Waals surface area contributed by atoms with Gasteiger partial charge < -0.3 is 10.3 Å². The molecule has 2 aromatic rings. The summed E-state index contributed by atoms with van der Waals surface area (Å²) < 4.78 is 6.24. The number of aromatic nitrogens is 2. The average molecular weight is 316 g/mol. The first kappa shape index (κ1) is 12.7. The van der Waals surface area contributed by atoms with Crippen LogP contribution in [0.3, 0.4) is 0 Å². The summed E-state index contributed by atoms with van der Waals surface area (Å²) in [6, 6.07) is 3.74. The van der Waals surface area contributed by atoms with Gasteiger partial charge >= 0.3 is 0 Å². The van der Waals surface area contributed by atoms with E-state index in [2.05, 4.69) is 39.9 Å². The molecule has 0 spiro atoms. The Bertz CT molecular complexity index is 494. The van der Waals surface area contributed by atoms with E-state index in [1.807, 2.05) is 12.1 Å². The van der Waals surface area contributed by atoms with Crippen LogP contribution in [0.15, 0.2) is 20.4 Å². The Kier molecular flexibility index (Phi) is 3.96. The van der Waals surface area contributed by atoms with E-state index in [1.165, 1.54) is 0 Å². The minimum Gasteiger partial charge on any atom is -0.337 e. The smallest absolute Gasteiger partial charge is 0.243 e. The van der Waals surface area contributed by atoms with E-state index in [0.717, 1.165) is 15.1 Å². The maximum Gasteiger partial charge on any atom is 0.243 e. The Morgan fingerprint density at radius 3 is 2.82 bits per heavy atom. The first-order chi connectivity index (χ1) is 8.06. The van der Waals surface area contributed by atoms with Crippen molar-refractivity contribution in [2.45, 2.75) is 26.3 Å². The molecule has 0 radical (unpaired) electrons. The van der Waals surface area contributed by atoms with Gasteiger partial charge in [-0.25, -0.2) is 0 Å². The lowest BCUT2D eigenvalue weighted by Crippen LogP contribution is -2.13. The third kappa shape index (κ3) is 3.14. The summed E-state index contributed by atoms with van der Waals surface area (Å²) in [5, 5.41) is 3.95. The fourth-order valence-corrected chi connectivity index (χ4v) is 2.84. The van der Waals surface area contributed by atoms with Gasteiger partial charge in [0.05, 0.1) is 14.7 Å². The molecule has 0 saturated heterocycles. The van der Waals surface area contributed by atoms with Gasteiger partial charge in [0.15, 0.2) is 0 Å². The van der Waals surface area contributed by atoms with Crippen molar-refractivity contribution in [1.82, 2.24) is 10.1 Å². The summed E-state index contributed by atoms with van der Waals surface area (Å²) >= 11 is 4.98. The highest BCUT2D eigenvalue weighted by atomic mass is 79.9. The van der Waals surface area contributed by atoms with Gasteiger partial charge in [-0.1, -0.05) is 19.0 Å². The van der Waals surface area contributed by atoms with Gasteiger partial charge in [0, 0.05) is 0 Å². The lowest BCUT2D eigenvalue weighted by molar-refractivity contribution is 0.335. The molecule has 0 aliphatic rings. The van der Waals surface area contributed by atoms with Crippen LogP contribution in [0.1, 0.15) is 32.2 Å². The normalized spacial score (nSPS) is 13.2. The molecule has 17 heavy (non-hydrogen) atoms. The Morgan fingerprint density at radius 1 is 1.47 bits per heavy atom. The fourth-order valence-electron chi connectivity index (χ4n) is 1.53. The number of halogens is 1. The van der Waals surface area contributed by atoms with Gasteiger partial charge in [0.1, 0.15) is 0 Å². The maximum absolute atomic E-state index is 5.99. The molecule has 4 nitrogen and oxygen atoms in total. The quantitative estimate of drug-likeness (QED) is 0.936. The van der Waals surface area contributed by atoms with E-state index < -0.39 is 0 Å². The minimum atomic E-state index is -0.181. The first-order valence-corrected chi connectivity index (χ1v) is 7.02. The van der Waals surface area contributed by atoms with E-state index in [1.54, 1.807) is 11.3 Å². The monoisotopic (exact) mass is 315 g/mol. The van der Waals surface area contributed by atoms with E-state index >= 15 is 0 Å². The Balaban J connectivity index is 2.15. The van der Waals surface area contributed by atoms with Crippen LogP contribution in [0, 0.1) is 5.92 Å². The van der Waals surface area contributed by atoms with Crippen LogP contribution >= 0.6 is 27.3 Å². The molecule has 0 aromatic carbocycles. The number of nitrogens with zero attached hydrogens (tertiary/aromatic N) is 2. The maximum atomic E-state index is 5.99. The summed E-state index contributed by atoms with van der Waals surface area (Å²) in [6.45, 7) is 4.24. The van der Waals surface area contributed by atoms with Gasteiger partial charge in [-0.15, -0.1) is 11.3 Å². The zero-order valence-corrected chi connectivity index (χ0v) is 12.1. The van der Waals surface area contributed by atoms with E-state index in [9.17, 15) is 0 Å². The number of hydrogen-bond donors (Lipinski definition) is 1. The Hall–Kier alpha value is -0.720. The Morgan fingerprint density at radius 2 is 2.24 bits per heavy atom. The number of rotatable bonds is 4. The van der Waals surface area contributed by atoms with Crippen LogP contribution in [-0.4, -0.2) is 10.1 Å². The summed E-state index contributed by atoms with van der Waals surface area (Å²) in [5.41, 5.74) is 5.99. The molecule has 92 valence electrons. The lowest BCUT2D eigenvalue weighted by atomic mass is 10.0. The van der Waals surface area contributed by atoms with E-state index in [4.69, 9.17) is 10.3 Å². The first-order valence-electron chi connectivity index (χ1n) is 5.41. The summed E-state index contributed by atoms with van der Waals surface area (Å²) in [4.78, 5) is 5.31. The lowest BCUT2D eigenvalue weighted by Gasteiger charge is -2.08. The van der Waals surface area contributed by atoms with Crippen LogP contribution in [0.25, 0.3) is 10.7 Å². The van der Waals surface area contributed by atoms with Crippen LogP contribution in [0.5, 0.6) is 0 Å². The topological polar surface area (TPSA) is 64.9 Å². The SMILES string of the molecule is CC(C)C[C@@H](N)c1nc(-c2ccc(Br)s2)no1. The van der Waals surface area contributed by atoms with Gasteiger partial charge in [0.25, 0.3) is 0 Å². The number of thiophene rings is 1. The largest absolute Gasteiger partial charge is 0.337 e. The molecule has 0 fully saturated rings. The summed E-state index contributed by atoms with van der Waals surface area (Å²) in [6.07, 6.45) is 0.843. The number of nitrogens with two attached hydrogens (primary N) is 1. The molecule has 0 aliphatic heterocycles. The predicted molar refractivity (Wildman–Crippen MR) is 71.7 cm³/mol. The average Bonchev–Trinajstić information content (AvgIpc) is 2.84. The van der Waals surface area contributed by atoms with Gasteiger partial charge in [-0.05, 0) is 40.4 Å². The molecular formula is C11H14BrN3OS. The van der Waals surface area contributed by atoms with Crippen LogP contribution in [-0.2, 0) is 0 Å². The molecule has 0 amide bonds. The molecule has 0 unspecified atom stereocenters. The predicted octanol–water partition coefficient (Wildman–Crippen LogP) is 3.61. The van der Waals surface area contributed by atoms with Crippen molar-refractivity contribution in [2.24, 2.45) is 11.7 Å². The highest BCUT2D eigenvalue weighted by Crippen LogP contribution is 2.30. The van der Waals surface area contributed by atoms with Gasteiger partial charge in [0.2, 0.25) is 11.7 Å².